The maximum absolute atomic E-state index is 13.4. The van der Waals surface area contributed by atoms with Crippen molar-refractivity contribution in [2.75, 3.05) is 18.3 Å². The second kappa shape index (κ2) is 11.7. The molecule has 1 unspecified atom stereocenters. The van der Waals surface area contributed by atoms with E-state index in [1.54, 1.807) is 60.8 Å². The molecule has 37 heavy (non-hydrogen) atoms. The van der Waals surface area contributed by atoms with Crippen LogP contribution in [0.5, 0.6) is 11.5 Å². The van der Waals surface area contributed by atoms with Gasteiger partial charge in [0.2, 0.25) is 0 Å². The predicted molar refractivity (Wildman–Crippen MR) is 143 cm³/mol. The van der Waals surface area contributed by atoms with Gasteiger partial charge in [0.25, 0.3) is 11.8 Å². The summed E-state index contributed by atoms with van der Waals surface area (Å²) in [6.45, 7) is 3.78. The van der Waals surface area contributed by atoms with Crippen LogP contribution in [-0.2, 0) is 4.79 Å². The fourth-order valence-corrected chi connectivity index (χ4v) is 4.17. The molecule has 5 N–H and O–H groups in total. The number of rotatable bonds is 5. The first-order valence-corrected chi connectivity index (χ1v) is 12.8. The van der Waals surface area contributed by atoms with Gasteiger partial charge in [0.15, 0.2) is 18.2 Å². The van der Waals surface area contributed by atoms with Gasteiger partial charge in [-0.25, -0.2) is 9.98 Å². The number of aromatic nitrogens is 1. The fraction of sp³-hybridized carbons (Fsp3) is 0.231. The number of carbonyl (C=O) groups is 2. The van der Waals surface area contributed by atoms with Crippen molar-refractivity contribution in [3.05, 3.63) is 77.5 Å². The number of fused-ring (bicyclic) bond motifs is 5. The summed E-state index contributed by atoms with van der Waals surface area (Å²) in [5.74, 6) is 0.285. The van der Waals surface area contributed by atoms with Crippen LogP contribution in [0.1, 0.15) is 41.4 Å². The van der Waals surface area contributed by atoms with Crippen LogP contribution in [0.15, 0.2) is 70.8 Å². The Morgan fingerprint density at radius 3 is 2.68 bits per heavy atom. The van der Waals surface area contributed by atoms with Crippen LogP contribution in [0, 0.1) is 0 Å². The number of ether oxygens (including phenoxy) is 2. The van der Waals surface area contributed by atoms with Crippen LogP contribution in [-0.4, -0.2) is 41.7 Å². The van der Waals surface area contributed by atoms with Gasteiger partial charge in [-0.2, -0.15) is 0 Å². The summed E-state index contributed by atoms with van der Waals surface area (Å²) in [6, 6.07) is 14.8. The van der Waals surface area contributed by atoms with Crippen LogP contribution in [0.25, 0.3) is 0 Å². The molecule has 192 valence electrons. The average molecular weight is 521 g/mol. The summed E-state index contributed by atoms with van der Waals surface area (Å²) in [7, 11) is 0. The average Bonchev–Trinajstić information content (AvgIpc) is 2.92. The molecule has 4 bridgehead atoms. The van der Waals surface area contributed by atoms with Gasteiger partial charge < -0.3 is 20.5 Å². The van der Waals surface area contributed by atoms with Gasteiger partial charge in [-0.05, 0) is 74.2 Å². The van der Waals surface area contributed by atoms with Gasteiger partial charge in [0.1, 0.15) is 16.9 Å². The highest BCUT2D eigenvalue weighted by atomic mass is 32.2. The van der Waals surface area contributed by atoms with E-state index in [9.17, 15) is 9.59 Å². The van der Waals surface area contributed by atoms with E-state index in [4.69, 9.17) is 15.2 Å². The van der Waals surface area contributed by atoms with Crippen LogP contribution >= 0.6 is 11.8 Å². The molecule has 0 saturated heterocycles. The smallest absolute Gasteiger partial charge is 0.272 e. The van der Waals surface area contributed by atoms with E-state index in [0.29, 0.717) is 44.7 Å². The third kappa shape index (κ3) is 6.31. The minimum atomic E-state index is -0.880. The van der Waals surface area contributed by atoms with Crippen molar-refractivity contribution in [3.8, 4) is 11.5 Å². The number of hydrogen-bond donors (Lipinski definition) is 4. The molecule has 0 aliphatic carbocycles. The lowest BCUT2D eigenvalue weighted by Gasteiger charge is -2.22. The molecule has 2 aromatic carbocycles. The Hall–Kier alpha value is -4.25. The summed E-state index contributed by atoms with van der Waals surface area (Å²) in [6.07, 6.45) is 3.34. The monoisotopic (exact) mass is 520 g/mol. The Labute approximate surface area is 219 Å². The largest absolute Gasteiger partial charge is 0.487 e. The molecule has 2 aliphatic heterocycles. The lowest BCUT2D eigenvalue weighted by atomic mass is 10.0. The first kappa shape index (κ1) is 25.8. The normalized spacial score (nSPS) is 16.1. The molecule has 2 aliphatic rings. The number of carbonyl (C=O) groups excluding carboxylic acids is 2. The van der Waals surface area contributed by atoms with E-state index in [1.165, 1.54) is 11.8 Å². The van der Waals surface area contributed by atoms with Gasteiger partial charge in [0, 0.05) is 17.4 Å². The third-order valence-electron chi connectivity index (χ3n) is 5.38. The molecule has 0 saturated carbocycles. The van der Waals surface area contributed by atoms with Crippen molar-refractivity contribution in [2.45, 2.75) is 31.0 Å². The Bertz CT molecular complexity index is 1310. The molecule has 0 spiro atoms. The Morgan fingerprint density at radius 1 is 1.16 bits per heavy atom. The second-order valence-corrected chi connectivity index (χ2v) is 9.14. The molecule has 10 nitrogen and oxygen atoms in total. The molecule has 1 atom stereocenters. The van der Waals surface area contributed by atoms with Crippen molar-refractivity contribution >= 4 is 35.1 Å². The van der Waals surface area contributed by atoms with E-state index in [2.05, 4.69) is 26.1 Å². The summed E-state index contributed by atoms with van der Waals surface area (Å²) in [5.41, 5.74) is 13.5. The number of anilines is 1. The number of nitrogens with one attached hydrogen (secondary N) is 3. The summed E-state index contributed by atoms with van der Waals surface area (Å²) < 4.78 is 11.8. The van der Waals surface area contributed by atoms with E-state index in [-0.39, 0.29) is 12.8 Å². The minimum absolute atomic E-state index is 0.0330. The number of hydrogen-bond acceptors (Lipinski definition) is 9. The molecule has 0 fully saturated rings. The molecule has 5 rings (SSSR count). The van der Waals surface area contributed by atoms with E-state index in [0.717, 1.165) is 0 Å². The van der Waals surface area contributed by atoms with Crippen LogP contribution in [0.2, 0.25) is 0 Å². The number of aliphatic imine (C=N–C) groups is 1. The number of hydrazine groups is 1. The molecule has 2 amide bonds. The number of amides is 2. The predicted octanol–water partition coefficient (Wildman–Crippen LogP) is 3.26. The van der Waals surface area contributed by atoms with Gasteiger partial charge in [-0.1, -0.05) is 6.07 Å². The number of amidine groups is 1. The number of nitrogens with zero attached hydrogens (tertiary/aromatic N) is 2. The molecule has 11 heteroatoms. The highest BCUT2D eigenvalue weighted by Gasteiger charge is 2.24. The lowest BCUT2D eigenvalue weighted by molar-refractivity contribution is -0.122. The van der Waals surface area contributed by atoms with Crippen LogP contribution in [0.4, 0.5) is 5.69 Å². The standard InChI is InChI=1S/C26H28N6O4S/c1-15(2)36-20-11-8-17-13-21(20)35-14-29-23(27)16-6-9-18(10-7-16)30-22(17)25(34)32-31-24(33)19-5-4-12-28-26(19)37-3/h4-13,15,22,30H,14H2,1-3H3,(H2,27,29)(H,31,33)(H,32,34). The molecule has 3 aromatic rings. The molecular weight excluding hydrogens is 492 g/mol. The molecule has 3 heterocycles. The maximum atomic E-state index is 13.4. The first-order chi connectivity index (χ1) is 17.9. The Morgan fingerprint density at radius 2 is 1.95 bits per heavy atom. The zero-order valence-corrected chi connectivity index (χ0v) is 21.5. The van der Waals surface area contributed by atoms with Crippen molar-refractivity contribution in [3.63, 3.8) is 0 Å². The lowest BCUT2D eigenvalue weighted by Crippen LogP contribution is -2.45. The van der Waals surface area contributed by atoms with Gasteiger partial charge in [-0.3, -0.25) is 20.4 Å². The summed E-state index contributed by atoms with van der Waals surface area (Å²) in [5, 5.41) is 3.78. The number of thioether (sulfide) groups is 1. The van der Waals surface area contributed by atoms with Crippen molar-refractivity contribution < 1.29 is 19.1 Å². The number of pyridine rings is 1. The third-order valence-corrected chi connectivity index (χ3v) is 6.09. The summed E-state index contributed by atoms with van der Waals surface area (Å²) in [4.78, 5) is 34.6. The van der Waals surface area contributed by atoms with E-state index < -0.39 is 17.9 Å². The van der Waals surface area contributed by atoms with E-state index in [1.807, 2.05) is 20.1 Å². The highest BCUT2D eigenvalue weighted by molar-refractivity contribution is 7.98. The molecule has 1 aromatic heterocycles. The van der Waals surface area contributed by atoms with Crippen molar-refractivity contribution in [1.29, 1.82) is 0 Å². The second-order valence-electron chi connectivity index (χ2n) is 8.35. The fourth-order valence-electron chi connectivity index (χ4n) is 3.62. The zero-order chi connectivity index (χ0) is 26.4. The first-order valence-electron chi connectivity index (χ1n) is 11.5. The maximum Gasteiger partial charge on any atom is 0.272 e. The zero-order valence-electron chi connectivity index (χ0n) is 20.6. The summed E-state index contributed by atoms with van der Waals surface area (Å²) >= 11 is 1.34. The van der Waals surface area contributed by atoms with Crippen LogP contribution < -0.4 is 31.4 Å². The quantitative estimate of drug-likeness (QED) is 0.297. The Balaban J connectivity index is 1.64. The van der Waals surface area contributed by atoms with Gasteiger partial charge in [0.05, 0.1) is 11.7 Å². The number of nitrogens with two attached hydrogens (primary N) is 1. The molecule has 0 radical (unpaired) electrons. The topological polar surface area (TPSA) is 140 Å². The van der Waals surface area contributed by atoms with Crippen molar-refractivity contribution in [2.24, 2.45) is 10.7 Å². The highest BCUT2D eigenvalue weighted by Crippen LogP contribution is 2.33. The SMILES string of the molecule is CSc1ncccc1C(=O)NNC(=O)C1Nc2ccc(cc2)/C(N)=N\COc2cc1ccc2OC(C)C. The number of benzene rings is 2. The molecular formula is C26H28N6O4S. The van der Waals surface area contributed by atoms with E-state index >= 15 is 0 Å². The van der Waals surface area contributed by atoms with Crippen molar-refractivity contribution in [1.82, 2.24) is 15.8 Å². The minimum Gasteiger partial charge on any atom is -0.487 e. The Kier molecular flexibility index (Phi) is 8.14. The van der Waals surface area contributed by atoms with Gasteiger partial charge in [-0.15, -0.1) is 11.8 Å². The van der Waals surface area contributed by atoms with Crippen LogP contribution in [0.3, 0.4) is 0 Å². The van der Waals surface area contributed by atoms with Gasteiger partial charge >= 0.3 is 0 Å².